The molecule has 0 amide bonds. The van der Waals surface area contributed by atoms with Crippen LogP contribution in [0.1, 0.15) is 10.4 Å². The normalized spacial score (nSPS) is 11.2. The molecule has 0 spiro atoms. The minimum Gasteiger partial charge on any atom is -0.406 e. The van der Waals surface area contributed by atoms with E-state index in [1.807, 2.05) is 0 Å². The predicted molar refractivity (Wildman–Crippen MR) is 63.9 cm³/mol. The van der Waals surface area contributed by atoms with Crippen LogP contribution in [0.2, 0.25) is 0 Å². The van der Waals surface area contributed by atoms with Gasteiger partial charge in [-0.15, -0.1) is 13.2 Å². The van der Waals surface area contributed by atoms with Crippen LogP contribution < -0.4 is 4.74 Å². The van der Waals surface area contributed by atoms with Gasteiger partial charge in [0, 0.05) is 5.56 Å². The van der Waals surface area contributed by atoms with Gasteiger partial charge in [0.2, 0.25) is 0 Å². The van der Waals surface area contributed by atoms with Crippen LogP contribution in [0.3, 0.4) is 0 Å². The molecule has 0 heterocycles. The van der Waals surface area contributed by atoms with Crippen molar-refractivity contribution in [3.05, 3.63) is 53.8 Å². The first-order valence-electron chi connectivity index (χ1n) is 5.50. The first-order chi connectivity index (χ1) is 9.39. The van der Waals surface area contributed by atoms with Crippen LogP contribution >= 0.6 is 0 Å². The standard InChI is InChI=1S/C14H8F4O2/c15-11-5-4-10(8-19)13(7-11)9-2-1-3-12(6-9)20-14(16,17)18/h1-8H. The number of alkyl halides is 3. The van der Waals surface area contributed by atoms with Crippen LogP contribution in [0, 0.1) is 5.82 Å². The van der Waals surface area contributed by atoms with E-state index in [1.165, 1.54) is 18.2 Å². The number of hydrogen-bond acceptors (Lipinski definition) is 2. The highest BCUT2D eigenvalue weighted by Gasteiger charge is 2.31. The Morgan fingerprint density at radius 3 is 2.45 bits per heavy atom. The average Bonchev–Trinajstić information content (AvgIpc) is 2.37. The number of hydrogen-bond donors (Lipinski definition) is 0. The van der Waals surface area contributed by atoms with Crippen molar-refractivity contribution >= 4 is 6.29 Å². The van der Waals surface area contributed by atoms with E-state index in [2.05, 4.69) is 4.74 Å². The van der Waals surface area contributed by atoms with E-state index in [9.17, 15) is 22.4 Å². The minimum absolute atomic E-state index is 0.176. The summed E-state index contributed by atoms with van der Waals surface area (Å²) in [6.45, 7) is 0. The molecule has 0 aliphatic rings. The van der Waals surface area contributed by atoms with E-state index in [0.717, 1.165) is 24.3 Å². The molecular formula is C14H8F4O2. The first kappa shape index (κ1) is 14.0. The Kier molecular flexibility index (Phi) is 3.74. The van der Waals surface area contributed by atoms with Gasteiger partial charge < -0.3 is 4.74 Å². The van der Waals surface area contributed by atoms with Gasteiger partial charge in [0.25, 0.3) is 0 Å². The van der Waals surface area contributed by atoms with Crippen LogP contribution in [0.5, 0.6) is 5.75 Å². The SMILES string of the molecule is O=Cc1ccc(F)cc1-c1cccc(OC(F)(F)F)c1. The molecule has 0 aromatic heterocycles. The lowest BCUT2D eigenvalue weighted by molar-refractivity contribution is -0.274. The molecule has 0 saturated heterocycles. The van der Waals surface area contributed by atoms with E-state index >= 15 is 0 Å². The molecule has 0 radical (unpaired) electrons. The van der Waals surface area contributed by atoms with Gasteiger partial charge in [-0.3, -0.25) is 4.79 Å². The molecule has 0 unspecified atom stereocenters. The lowest BCUT2D eigenvalue weighted by Gasteiger charge is -2.11. The van der Waals surface area contributed by atoms with E-state index in [0.29, 0.717) is 6.29 Å². The number of aldehydes is 1. The minimum atomic E-state index is -4.81. The zero-order valence-corrected chi connectivity index (χ0v) is 9.95. The van der Waals surface area contributed by atoms with Gasteiger partial charge in [-0.1, -0.05) is 12.1 Å². The van der Waals surface area contributed by atoms with Crippen molar-refractivity contribution in [2.45, 2.75) is 6.36 Å². The van der Waals surface area contributed by atoms with Crippen molar-refractivity contribution in [2.75, 3.05) is 0 Å². The van der Waals surface area contributed by atoms with Crippen molar-refractivity contribution < 1.29 is 27.1 Å². The third kappa shape index (κ3) is 3.34. The summed E-state index contributed by atoms with van der Waals surface area (Å²) in [6, 6.07) is 8.45. The predicted octanol–water partition coefficient (Wildman–Crippen LogP) is 4.20. The zero-order valence-electron chi connectivity index (χ0n) is 9.95. The molecular weight excluding hydrogens is 276 g/mol. The smallest absolute Gasteiger partial charge is 0.406 e. The van der Waals surface area contributed by atoms with Crippen molar-refractivity contribution in [2.24, 2.45) is 0 Å². The van der Waals surface area contributed by atoms with Gasteiger partial charge in [0.15, 0.2) is 6.29 Å². The number of carbonyl (C=O) groups is 1. The average molecular weight is 284 g/mol. The summed E-state index contributed by atoms with van der Waals surface area (Å²) in [4.78, 5) is 10.9. The number of halogens is 4. The zero-order chi connectivity index (χ0) is 14.8. The molecule has 0 bridgehead atoms. The van der Waals surface area contributed by atoms with Gasteiger partial charge in [-0.2, -0.15) is 0 Å². The summed E-state index contributed by atoms with van der Waals surface area (Å²) in [5.41, 5.74) is 0.636. The molecule has 6 heteroatoms. The molecule has 0 N–H and O–H groups in total. The summed E-state index contributed by atoms with van der Waals surface area (Å²) < 4.78 is 53.4. The Morgan fingerprint density at radius 1 is 1.05 bits per heavy atom. The lowest BCUT2D eigenvalue weighted by Crippen LogP contribution is -2.17. The Morgan fingerprint density at radius 2 is 1.80 bits per heavy atom. The van der Waals surface area contributed by atoms with E-state index in [-0.39, 0.29) is 16.7 Å². The molecule has 0 atom stereocenters. The van der Waals surface area contributed by atoms with Gasteiger partial charge in [-0.05, 0) is 41.5 Å². The Hall–Kier alpha value is -2.37. The second kappa shape index (κ2) is 5.32. The number of carbonyl (C=O) groups excluding carboxylic acids is 1. The number of ether oxygens (including phenoxy) is 1. The van der Waals surface area contributed by atoms with Gasteiger partial charge in [-0.25, -0.2) is 4.39 Å². The second-order valence-electron chi connectivity index (χ2n) is 3.93. The molecule has 0 saturated carbocycles. The highest BCUT2D eigenvalue weighted by molar-refractivity contribution is 5.87. The molecule has 0 aliphatic heterocycles. The molecule has 2 aromatic carbocycles. The second-order valence-corrected chi connectivity index (χ2v) is 3.93. The van der Waals surface area contributed by atoms with Gasteiger partial charge >= 0.3 is 6.36 Å². The molecule has 104 valence electrons. The van der Waals surface area contributed by atoms with Gasteiger partial charge in [0.1, 0.15) is 11.6 Å². The van der Waals surface area contributed by atoms with Crippen molar-refractivity contribution in [3.8, 4) is 16.9 Å². The fourth-order valence-electron chi connectivity index (χ4n) is 1.74. The Labute approximate surface area is 111 Å². The van der Waals surface area contributed by atoms with Crippen molar-refractivity contribution in [1.82, 2.24) is 0 Å². The quantitative estimate of drug-likeness (QED) is 0.623. The van der Waals surface area contributed by atoms with E-state index < -0.39 is 17.9 Å². The molecule has 2 nitrogen and oxygen atoms in total. The highest BCUT2D eigenvalue weighted by atomic mass is 19.4. The fourth-order valence-corrected chi connectivity index (χ4v) is 1.74. The Bertz CT molecular complexity index is 635. The van der Waals surface area contributed by atoms with Crippen LogP contribution in [0.4, 0.5) is 17.6 Å². The van der Waals surface area contributed by atoms with Crippen LogP contribution in [-0.4, -0.2) is 12.6 Å². The summed E-state index contributed by atoms with van der Waals surface area (Å²) in [6.07, 6.45) is -4.31. The molecule has 2 aromatic rings. The highest BCUT2D eigenvalue weighted by Crippen LogP contribution is 2.29. The third-order valence-corrected chi connectivity index (χ3v) is 2.52. The number of rotatable bonds is 3. The van der Waals surface area contributed by atoms with Crippen molar-refractivity contribution in [3.63, 3.8) is 0 Å². The topological polar surface area (TPSA) is 26.3 Å². The largest absolute Gasteiger partial charge is 0.573 e. The van der Waals surface area contributed by atoms with Crippen LogP contribution in [0.15, 0.2) is 42.5 Å². The van der Waals surface area contributed by atoms with Crippen molar-refractivity contribution in [1.29, 1.82) is 0 Å². The molecule has 2 rings (SSSR count). The molecule has 0 aliphatic carbocycles. The van der Waals surface area contributed by atoms with Gasteiger partial charge in [0.05, 0.1) is 0 Å². The summed E-state index contributed by atoms with van der Waals surface area (Å²) in [5, 5.41) is 0. The van der Waals surface area contributed by atoms with Crippen LogP contribution in [-0.2, 0) is 0 Å². The summed E-state index contributed by atoms with van der Waals surface area (Å²) >= 11 is 0. The Balaban J connectivity index is 2.46. The first-order valence-corrected chi connectivity index (χ1v) is 5.50. The van der Waals surface area contributed by atoms with Crippen LogP contribution in [0.25, 0.3) is 11.1 Å². The van der Waals surface area contributed by atoms with E-state index in [4.69, 9.17) is 0 Å². The molecule has 20 heavy (non-hydrogen) atoms. The third-order valence-electron chi connectivity index (χ3n) is 2.52. The number of benzene rings is 2. The fraction of sp³-hybridized carbons (Fsp3) is 0.0714. The monoisotopic (exact) mass is 284 g/mol. The summed E-state index contributed by atoms with van der Waals surface area (Å²) in [5.74, 6) is -1.02. The maximum atomic E-state index is 13.2. The molecule has 0 fully saturated rings. The van der Waals surface area contributed by atoms with E-state index in [1.54, 1.807) is 0 Å². The maximum absolute atomic E-state index is 13.2. The maximum Gasteiger partial charge on any atom is 0.573 e. The lowest BCUT2D eigenvalue weighted by atomic mass is 10.00. The summed E-state index contributed by atoms with van der Waals surface area (Å²) in [7, 11) is 0.